The summed E-state index contributed by atoms with van der Waals surface area (Å²) in [7, 11) is 0. The maximum atomic E-state index is 4.31. The van der Waals surface area contributed by atoms with Gasteiger partial charge in [-0.3, -0.25) is 4.98 Å². The monoisotopic (exact) mass is 198 g/mol. The molecule has 2 nitrogen and oxygen atoms in total. The standard InChI is InChI=1S/C13H14N2/c1-2-11-8-10(9-15-12-4-5-12)3-6-13(11)14-7-1/h1-3,6-8,12,15H,4-5,9H2. The van der Waals surface area contributed by atoms with Crippen LogP contribution in [-0.2, 0) is 6.54 Å². The molecule has 76 valence electrons. The van der Waals surface area contributed by atoms with Gasteiger partial charge in [0.1, 0.15) is 0 Å². The summed E-state index contributed by atoms with van der Waals surface area (Å²) in [5, 5.41) is 4.75. The van der Waals surface area contributed by atoms with E-state index in [4.69, 9.17) is 0 Å². The molecule has 0 atom stereocenters. The van der Waals surface area contributed by atoms with Gasteiger partial charge in [-0.15, -0.1) is 0 Å². The first-order valence-corrected chi connectivity index (χ1v) is 5.49. The van der Waals surface area contributed by atoms with Crippen LogP contribution < -0.4 is 5.32 Å². The van der Waals surface area contributed by atoms with E-state index < -0.39 is 0 Å². The molecule has 1 aliphatic rings. The van der Waals surface area contributed by atoms with Crippen molar-refractivity contribution < 1.29 is 0 Å². The average Bonchev–Trinajstić information content (AvgIpc) is 3.10. The summed E-state index contributed by atoms with van der Waals surface area (Å²) in [5.41, 5.74) is 2.43. The molecule has 3 rings (SSSR count). The summed E-state index contributed by atoms with van der Waals surface area (Å²) in [6.45, 7) is 0.982. The first-order chi connectivity index (χ1) is 7.42. The summed E-state index contributed by atoms with van der Waals surface area (Å²) in [4.78, 5) is 4.31. The van der Waals surface area contributed by atoms with Crippen molar-refractivity contribution in [2.24, 2.45) is 0 Å². The molecule has 1 aromatic heterocycles. The molecule has 1 saturated carbocycles. The number of pyridine rings is 1. The van der Waals surface area contributed by atoms with Crippen LogP contribution in [0.1, 0.15) is 18.4 Å². The van der Waals surface area contributed by atoms with E-state index in [-0.39, 0.29) is 0 Å². The van der Waals surface area contributed by atoms with Crippen LogP contribution in [0.4, 0.5) is 0 Å². The first kappa shape index (κ1) is 8.86. The zero-order valence-electron chi connectivity index (χ0n) is 8.61. The van der Waals surface area contributed by atoms with Crippen molar-refractivity contribution in [3.05, 3.63) is 42.1 Å². The lowest BCUT2D eigenvalue weighted by molar-refractivity contribution is 0.688. The van der Waals surface area contributed by atoms with Gasteiger partial charge < -0.3 is 5.32 Å². The second kappa shape index (κ2) is 3.63. The number of nitrogens with one attached hydrogen (secondary N) is 1. The molecule has 0 unspecified atom stereocenters. The van der Waals surface area contributed by atoms with Crippen LogP contribution in [0, 0.1) is 0 Å². The molecule has 1 fully saturated rings. The summed E-state index contributed by atoms with van der Waals surface area (Å²) >= 11 is 0. The van der Waals surface area contributed by atoms with E-state index in [9.17, 15) is 0 Å². The Morgan fingerprint density at radius 2 is 2.20 bits per heavy atom. The fourth-order valence-electron chi connectivity index (χ4n) is 1.78. The maximum Gasteiger partial charge on any atom is 0.0702 e. The lowest BCUT2D eigenvalue weighted by Crippen LogP contribution is -2.15. The topological polar surface area (TPSA) is 24.9 Å². The summed E-state index contributed by atoms with van der Waals surface area (Å²) in [5.74, 6) is 0. The van der Waals surface area contributed by atoms with Crippen molar-refractivity contribution >= 4 is 10.9 Å². The van der Waals surface area contributed by atoms with Crippen molar-refractivity contribution in [2.45, 2.75) is 25.4 Å². The molecule has 0 saturated heterocycles. The number of aromatic nitrogens is 1. The number of hydrogen-bond acceptors (Lipinski definition) is 2. The Morgan fingerprint density at radius 1 is 1.27 bits per heavy atom. The van der Waals surface area contributed by atoms with Crippen LogP contribution in [0.15, 0.2) is 36.5 Å². The van der Waals surface area contributed by atoms with Crippen LogP contribution in [0.5, 0.6) is 0 Å². The third kappa shape index (κ3) is 2.00. The van der Waals surface area contributed by atoms with Crippen LogP contribution in [-0.4, -0.2) is 11.0 Å². The highest BCUT2D eigenvalue weighted by atomic mass is 14.9. The van der Waals surface area contributed by atoms with E-state index in [1.54, 1.807) is 0 Å². The number of fused-ring (bicyclic) bond motifs is 1. The van der Waals surface area contributed by atoms with Crippen molar-refractivity contribution in [3.63, 3.8) is 0 Å². The number of nitrogens with zero attached hydrogens (tertiary/aromatic N) is 1. The molecular formula is C13H14N2. The number of hydrogen-bond donors (Lipinski definition) is 1. The van der Waals surface area contributed by atoms with Crippen molar-refractivity contribution in [1.29, 1.82) is 0 Å². The van der Waals surface area contributed by atoms with Gasteiger partial charge >= 0.3 is 0 Å². The molecule has 0 amide bonds. The second-order valence-electron chi connectivity index (χ2n) is 4.19. The Labute approximate surface area is 89.3 Å². The predicted octanol–water partition coefficient (Wildman–Crippen LogP) is 2.49. The molecule has 15 heavy (non-hydrogen) atoms. The van der Waals surface area contributed by atoms with Crippen molar-refractivity contribution in [1.82, 2.24) is 10.3 Å². The average molecular weight is 198 g/mol. The van der Waals surface area contributed by atoms with Crippen LogP contribution in [0.2, 0.25) is 0 Å². The zero-order chi connectivity index (χ0) is 10.1. The maximum absolute atomic E-state index is 4.31. The third-order valence-electron chi connectivity index (χ3n) is 2.84. The highest BCUT2D eigenvalue weighted by Gasteiger charge is 2.19. The van der Waals surface area contributed by atoms with E-state index in [2.05, 4.69) is 34.6 Å². The Hall–Kier alpha value is -1.41. The minimum atomic E-state index is 0.773. The van der Waals surface area contributed by atoms with Gasteiger partial charge in [0.2, 0.25) is 0 Å². The van der Waals surface area contributed by atoms with Gasteiger partial charge in [-0.05, 0) is 36.6 Å². The molecule has 0 radical (unpaired) electrons. The third-order valence-corrected chi connectivity index (χ3v) is 2.84. The van der Waals surface area contributed by atoms with Gasteiger partial charge in [0.15, 0.2) is 0 Å². The predicted molar refractivity (Wildman–Crippen MR) is 61.6 cm³/mol. The van der Waals surface area contributed by atoms with E-state index in [0.29, 0.717) is 0 Å². The molecule has 2 aromatic rings. The van der Waals surface area contributed by atoms with E-state index >= 15 is 0 Å². The Morgan fingerprint density at radius 3 is 3.07 bits per heavy atom. The minimum absolute atomic E-state index is 0.773. The summed E-state index contributed by atoms with van der Waals surface area (Å²) < 4.78 is 0. The van der Waals surface area contributed by atoms with Gasteiger partial charge in [-0.2, -0.15) is 0 Å². The molecule has 0 aliphatic heterocycles. The molecular weight excluding hydrogens is 184 g/mol. The summed E-state index contributed by atoms with van der Waals surface area (Å²) in [6.07, 6.45) is 4.52. The molecule has 1 aromatic carbocycles. The van der Waals surface area contributed by atoms with Crippen molar-refractivity contribution in [3.8, 4) is 0 Å². The van der Waals surface area contributed by atoms with Gasteiger partial charge in [0.25, 0.3) is 0 Å². The van der Waals surface area contributed by atoms with E-state index in [1.807, 2.05) is 12.3 Å². The van der Waals surface area contributed by atoms with Gasteiger partial charge in [-0.25, -0.2) is 0 Å². The van der Waals surface area contributed by atoms with Crippen molar-refractivity contribution in [2.75, 3.05) is 0 Å². The molecule has 0 spiro atoms. The zero-order valence-corrected chi connectivity index (χ0v) is 8.61. The lowest BCUT2D eigenvalue weighted by Gasteiger charge is -2.04. The fraction of sp³-hybridized carbons (Fsp3) is 0.308. The minimum Gasteiger partial charge on any atom is -0.310 e. The Balaban J connectivity index is 1.84. The SMILES string of the molecule is c1cnc2ccc(CNC3CC3)cc2c1. The fourth-order valence-corrected chi connectivity index (χ4v) is 1.78. The molecule has 0 bridgehead atoms. The quantitative estimate of drug-likeness (QED) is 0.819. The van der Waals surface area contributed by atoms with E-state index in [0.717, 1.165) is 18.1 Å². The highest BCUT2D eigenvalue weighted by molar-refractivity contribution is 5.78. The van der Waals surface area contributed by atoms with Gasteiger partial charge in [0, 0.05) is 24.2 Å². The normalized spacial score (nSPS) is 15.7. The van der Waals surface area contributed by atoms with Crippen LogP contribution in [0.25, 0.3) is 10.9 Å². The number of rotatable bonds is 3. The van der Waals surface area contributed by atoms with Gasteiger partial charge in [0.05, 0.1) is 5.52 Å². The Kier molecular flexibility index (Phi) is 2.14. The van der Waals surface area contributed by atoms with Gasteiger partial charge in [-0.1, -0.05) is 12.1 Å². The van der Waals surface area contributed by atoms with Crippen LogP contribution in [0.3, 0.4) is 0 Å². The highest BCUT2D eigenvalue weighted by Crippen LogP contribution is 2.20. The lowest BCUT2D eigenvalue weighted by atomic mass is 10.1. The van der Waals surface area contributed by atoms with E-state index in [1.165, 1.54) is 23.8 Å². The molecule has 1 heterocycles. The largest absolute Gasteiger partial charge is 0.310 e. The molecule has 2 heteroatoms. The first-order valence-electron chi connectivity index (χ1n) is 5.49. The second-order valence-corrected chi connectivity index (χ2v) is 4.19. The Bertz CT molecular complexity index is 475. The number of benzene rings is 1. The van der Waals surface area contributed by atoms with Crippen LogP contribution >= 0.6 is 0 Å². The molecule has 1 N–H and O–H groups in total. The smallest absolute Gasteiger partial charge is 0.0702 e. The summed E-state index contributed by atoms with van der Waals surface area (Å²) in [6, 6.07) is 11.3. The molecule has 1 aliphatic carbocycles.